The van der Waals surface area contributed by atoms with Gasteiger partial charge in [-0.05, 0) is 28.8 Å². The number of hydrogen-bond donors (Lipinski definition) is 2. The fourth-order valence-corrected chi connectivity index (χ4v) is 5.22. The largest absolute Gasteiger partial charge is 0.386 e. The molecule has 5 aromatic rings. The van der Waals surface area contributed by atoms with Crippen LogP contribution in [-0.2, 0) is 13.1 Å². The van der Waals surface area contributed by atoms with E-state index in [1.807, 2.05) is 0 Å². The molecule has 13 heteroatoms. The van der Waals surface area contributed by atoms with E-state index in [9.17, 15) is 19.1 Å². The van der Waals surface area contributed by atoms with Crippen LogP contribution in [0.2, 0.25) is 0 Å². The number of aromatic nitrogens is 6. The number of primary amides is 1. The van der Waals surface area contributed by atoms with E-state index in [2.05, 4.69) is 20.4 Å². The maximum absolute atomic E-state index is 13.4. The number of carbonyl (C=O) groups excluding carboxylic acids is 1. The fraction of sp³-hybridized carbons (Fsp3) is 0.158. The average Bonchev–Trinajstić information content (AvgIpc) is 3.48. The van der Waals surface area contributed by atoms with E-state index >= 15 is 0 Å². The first-order valence-corrected chi connectivity index (χ1v) is 11.0. The first-order chi connectivity index (χ1) is 15.4. The number of tetrazole rings is 1. The molecule has 0 aliphatic heterocycles. The maximum atomic E-state index is 13.4. The molecule has 5 rings (SSSR count). The number of aliphatic hydroxyl groups excluding tert-OH is 1. The number of amides is 1. The third kappa shape index (κ3) is 3.66. The van der Waals surface area contributed by atoms with Crippen LogP contribution in [-0.4, -0.2) is 40.8 Å². The molecule has 4 aromatic heterocycles. The molecular formula is C19H14FN7O3S2. The molecule has 162 valence electrons. The van der Waals surface area contributed by atoms with Gasteiger partial charge >= 0.3 is 0 Å². The van der Waals surface area contributed by atoms with Gasteiger partial charge in [0.2, 0.25) is 5.91 Å². The molecule has 32 heavy (non-hydrogen) atoms. The highest BCUT2D eigenvalue weighted by Gasteiger charge is 2.18. The molecular weight excluding hydrogens is 457 g/mol. The minimum atomic E-state index is -0.915. The van der Waals surface area contributed by atoms with Crippen LogP contribution in [0.5, 0.6) is 0 Å². The van der Waals surface area contributed by atoms with Gasteiger partial charge in [0.15, 0.2) is 5.82 Å². The van der Waals surface area contributed by atoms with E-state index in [1.165, 1.54) is 44.5 Å². The van der Waals surface area contributed by atoms with Crippen LogP contribution in [0.25, 0.3) is 20.3 Å². The number of aliphatic hydroxyl groups is 1. The number of thiophene rings is 2. The second kappa shape index (κ2) is 7.85. The zero-order valence-corrected chi connectivity index (χ0v) is 17.8. The normalized spacial score (nSPS) is 12.6. The van der Waals surface area contributed by atoms with Crippen LogP contribution in [0.4, 0.5) is 4.39 Å². The van der Waals surface area contributed by atoms with Crippen molar-refractivity contribution in [3.8, 4) is 0 Å². The molecule has 0 bridgehead atoms. The number of rotatable bonds is 6. The monoisotopic (exact) mass is 471 g/mol. The third-order valence-corrected chi connectivity index (χ3v) is 6.88. The van der Waals surface area contributed by atoms with Crippen molar-refractivity contribution < 1.29 is 14.3 Å². The zero-order chi connectivity index (χ0) is 22.4. The summed E-state index contributed by atoms with van der Waals surface area (Å²) in [5.41, 5.74) is 5.03. The van der Waals surface area contributed by atoms with Gasteiger partial charge in [-0.15, -0.1) is 32.9 Å². The minimum absolute atomic E-state index is 0.0198. The highest BCUT2D eigenvalue weighted by molar-refractivity contribution is 7.19. The number of fused-ring (bicyclic) bond motifs is 2. The molecule has 0 saturated heterocycles. The van der Waals surface area contributed by atoms with E-state index in [1.54, 1.807) is 12.1 Å². The second-order valence-corrected chi connectivity index (χ2v) is 8.95. The number of nitrogens with two attached hydrogens (primary N) is 1. The van der Waals surface area contributed by atoms with Gasteiger partial charge in [-0.25, -0.2) is 9.37 Å². The number of hydrogen-bond acceptors (Lipinski definition) is 9. The summed E-state index contributed by atoms with van der Waals surface area (Å²) in [5.74, 6) is -0.805. The lowest BCUT2D eigenvalue weighted by Gasteiger charge is -2.06. The summed E-state index contributed by atoms with van der Waals surface area (Å²) in [6, 6.07) is 6.23. The molecule has 10 nitrogen and oxygen atoms in total. The van der Waals surface area contributed by atoms with E-state index < -0.39 is 17.6 Å². The van der Waals surface area contributed by atoms with Crippen molar-refractivity contribution in [1.82, 2.24) is 29.8 Å². The Balaban J connectivity index is 1.35. The summed E-state index contributed by atoms with van der Waals surface area (Å²) < 4.78 is 15.4. The average molecular weight is 471 g/mol. The summed E-state index contributed by atoms with van der Waals surface area (Å²) in [4.78, 5) is 30.8. The summed E-state index contributed by atoms with van der Waals surface area (Å²) >= 11 is 2.45. The van der Waals surface area contributed by atoms with Crippen LogP contribution in [0, 0.1) is 5.82 Å². The van der Waals surface area contributed by atoms with Crippen LogP contribution in [0.3, 0.4) is 0 Å². The number of benzene rings is 1. The van der Waals surface area contributed by atoms with Gasteiger partial charge in [0.25, 0.3) is 5.56 Å². The molecule has 1 amide bonds. The molecule has 0 aliphatic carbocycles. The summed E-state index contributed by atoms with van der Waals surface area (Å²) in [6.07, 6.45) is 0.430. The molecule has 0 spiro atoms. The Labute approximate surface area is 186 Å². The van der Waals surface area contributed by atoms with Crippen LogP contribution in [0.15, 0.2) is 40.8 Å². The number of carbonyl (C=O) groups is 1. The quantitative estimate of drug-likeness (QED) is 0.384. The van der Waals surface area contributed by atoms with Gasteiger partial charge < -0.3 is 10.8 Å². The predicted octanol–water partition coefficient (Wildman–Crippen LogP) is 1.68. The second-order valence-electron chi connectivity index (χ2n) is 6.98. The smallest absolute Gasteiger partial charge is 0.263 e. The Morgan fingerprint density at radius 2 is 2.16 bits per heavy atom. The van der Waals surface area contributed by atoms with Crippen molar-refractivity contribution in [2.75, 3.05) is 0 Å². The lowest BCUT2D eigenvalue weighted by Crippen LogP contribution is -2.23. The van der Waals surface area contributed by atoms with Crippen LogP contribution in [0.1, 0.15) is 27.2 Å². The van der Waals surface area contributed by atoms with Gasteiger partial charge in [-0.1, -0.05) is 6.07 Å². The van der Waals surface area contributed by atoms with Crippen LogP contribution < -0.4 is 11.3 Å². The molecule has 0 unspecified atom stereocenters. The Hall–Kier alpha value is -3.55. The van der Waals surface area contributed by atoms with Gasteiger partial charge in [-0.2, -0.15) is 4.80 Å². The van der Waals surface area contributed by atoms with Gasteiger partial charge in [-0.3, -0.25) is 14.2 Å². The summed E-state index contributed by atoms with van der Waals surface area (Å²) in [7, 11) is 0. The van der Waals surface area contributed by atoms with Crippen molar-refractivity contribution in [3.05, 3.63) is 68.4 Å². The Kier molecular flexibility index (Phi) is 5.00. The van der Waals surface area contributed by atoms with E-state index in [-0.39, 0.29) is 35.7 Å². The van der Waals surface area contributed by atoms with Gasteiger partial charge in [0.1, 0.15) is 16.8 Å². The molecule has 4 heterocycles. The molecule has 1 aromatic carbocycles. The first kappa shape index (κ1) is 20.4. The molecule has 0 saturated carbocycles. The first-order valence-electron chi connectivity index (χ1n) is 9.29. The highest BCUT2D eigenvalue weighted by atomic mass is 32.1. The van der Waals surface area contributed by atoms with Crippen molar-refractivity contribution >= 4 is 48.9 Å². The number of halogens is 1. The standard InChI is InChI=1S/C19H14FN7O3S2/c20-10-2-1-9-3-14(32-13(9)4-10)12(28)5-27-24-15(23-25-27)6-26-8-22-18-16(19(26)30)11(7-31-18)17(21)29/h1-4,7-8,12,28H,5-6H2,(H2,21,29)/t12-/m0/s1. The maximum Gasteiger partial charge on any atom is 0.263 e. The van der Waals surface area contributed by atoms with E-state index in [0.29, 0.717) is 9.71 Å². The van der Waals surface area contributed by atoms with E-state index in [0.717, 1.165) is 21.4 Å². The van der Waals surface area contributed by atoms with Gasteiger partial charge in [0, 0.05) is 15.0 Å². The van der Waals surface area contributed by atoms with Crippen LogP contribution >= 0.6 is 22.7 Å². The number of nitrogens with zero attached hydrogens (tertiary/aromatic N) is 6. The topological polar surface area (TPSA) is 142 Å². The van der Waals surface area contributed by atoms with Crippen molar-refractivity contribution in [1.29, 1.82) is 0 Å². The van der Waals surface area contributed by atoms with Crippen molar-refractivity contribution in [3.63, 3.8) is 0 Å². The Morgan fingerprint density at radius 1 is 1.31 bits per heavy atom. The molecule has 0 radical (unpaired) electrons. The van der Waals surface area contributed by atoms with Crippen molar-refractivity contribution in [2.45, 2.75) is 19.2 Å². The van der Waals surface area contributed by atoms with Gasteiger partial charge in [0.05, 0.1) is 30.4 Å². The molecule has 0 fully saturated rings. The fourth-order valence-electron chi connectivity index (χ4n) is 3.27. The Bertz CT molecular complexity index is 1540. The lowest BCUT2D eigenvalue weighted by molar-refractivity contribution is 0.100. The summed E-state index contributed by atoms with van der Waals surface area (Å²) in [5, 5.41) is 25.1. The highest BCUT2D eigenvalue weighted by Crippen LogP contribution is 2.31. The zero-order valence-electron chi connectivity index (χ0n) is 16.2. The Morgan fingerprint density at radius 3 is 2.97 bits per heavy atom. The third-order valence-electron chi connectivity index (χ3n) is 4.80. The molecule has 3 N–H and O–H groups in total. The molecule has 0 aliphatic rings. The minimum Gasteiger partial charge on any atom is -0.386 e. The SMILES string of the molecule is NC(=O)c1csc2ncn(Cc3nnn(C[C@H](O)c4cc5ccc(F)cc5s4)n3)c(=O)c12. The van der Waals surface area contributed by atoms with Crippen molar-refractivity contribution in [2.24, 2.45) is 5.73 Å². The summed E-state index contributed by atoms with van der Waals surface area (Å²) in [6.45, 7) is 0.0128. The lowest BCUT2D eigenvalue weighted by atomic mass is 10.2. The molecule has 1 atom stereocenters. The van der Waals surface area contributed by atoms with E-state index in [4.69, 9.17) is 5.73 Å². The predicted molar refractivity (Wildman–Crippen MR) is 116 cm³/mol.